The van der Waals surface area contributed by atoms with E-state index in [2.05, 4.69) is 6.92 Å². The van der Waals surface area contributed by atoms with Crippen LogP contribution < -0.4 is 0 Å². The predicted octanol–water partition coefficient (Wildman–Crippen LogP) is 2.62. The summed E-state index contributed by atoms with van der Waals surface area (Å²) in [5.74, 6) is 0.204. The number of nitrogens with zero attached hydrogens (tertiary/aromatic N) is 1. The van der Waals surface area contributed by atoms with E-state index in [-0.39, 0.29) is 11.7 Å². The first-order valence-electron chi connectivity index (χ1n) is 5.39. The summed E-state index contributed by atoms with van der Waals surface area (Å²) in [5.41, 5.74) is 0.576. The highest BCUT2D eigenvalue weighted by Crippen LogP contribution is 2.24. The summed E-state index contributed by atoms with van der Waals surface area (Å²) >= 11 is 2.04. The van der Waals surface area contributed by atoms with Crippen LogP contribution in [0.3, 0.4) is 0 Å². The van der Waals surface area contributed by atoms with Crippen LogP contribution in [0.4, 0.5) is 0 Å². The molecule has 1 amide bonds. The van der Waals surface area contributed by atoms with Gasteiger partial charge in [0.25, 0.3) is 5.91 Å². The zero-order chi connectivity index (χ0) is 11.7. The van der Waals surface area contributed by atoms with Crippen LogP contribution in [-0.4, -0.2) is 28.5 Å². The number of benzene rings is 1. The van der Waals surface area contributed by atoms with Gasteiger partial charge in [-0.25, -0.2) is 0 Å². The minimum absolute atomic E-state index is 0.0247. The van der Waals surface area contributed by atoms with Gasteiger partial charge >= 0.3 is 0 Å². The molecule has 1 N–H and O–H groups in total. The largest absolute Gasteiger partial charge is 0.507 e. The lowest BCUT2D eigenvalue weighted by Gasteiger charge is -2.21. The van der Waals surface area contributed by atoms with E-state index in [1.54, 1.807) is 18.2 Å². The topological polar surface area (TPSA) is 40.5 Å². The lowest BCUT2D eigenvalue weighted by atomic mass is 10.1. The highest BCUT2D eigenvalue weighted by atomic mass is 127. The van der Waals surface area contributed by atoms with E-state index < -0.39 is 0 Å². The number of halogens is 1. The number of amides is 1. The van der Waals surface area contributed by atoms with Gasteiger partial charge in [0.05, 0.1) is 3.57 Å². The Kier molecular flexibility index (Phi) is 3.37. The molecular weight excluding hydrogens is 317 g/mol. The van der Waals surface area contributed by atoms with Gasteiger partial charge in [-0.3, -0.25) is 4.79 Å². The third kappa shape index (κ3) is 2.16. The smallest absolute Gasteiger partial charge is 0.254 e. The maximum atomic E-state index is 12.1. The molecule has 0 aromatic heterocycles. The summed E-state index contributed by atoms with van der Waals surface area (Å²) in [6.45, 7) is 2.89. The molecule has 1 fully saturated rings. The van der Waals surface area contributed by atoms with Crippen molar-refractivity contribution < 1.29 is 9.90 Å². The van der Waals surface area contributed by atoms with Gasteiger partial charge in [0.2, 0.25) is 0 Å². The average Bonchev–Trinajstić information content (AvgIpc) is 2.67. The number of hydrogen-bond donors (Lipinski definition) is 1. The zero-order valence-electron chi connectivity index (χ0n) is 9.11. The number of hydrogen-bond acceptors (Lipinski definition) is 2. The van der Waals surface area contributed by atoms with Crippen molar-refractivity contribution in [2.24, 2.45) is 0 Å². The van der Waals surface area contributed by atoms with Gasteiger partial charge in [0, 0.05) is 18.2 Å². The zero-order valence-corrected chi connectivity index (χ0v) is 11.3. The molecule has 1 saturated heterocycles. The monoisotopic (exact) mass is 331 g/mol. The van der Waals surface area contributed by atoms with Crippen molar-refractivity contribution >= 4 is 28.5 Å². The first-order valence-corrected chi connectivity index (χ1v) is 6.47. The van der Waals surface area contributed by atoms with Crippen molar-refractivity contribution in [2.75, 3.05) is 6.54 Å². The van der Waals surface area contributed by atoms with Crippen molar-refractivity contribution in [3.8, 4) is 5.75 Å². The average molecular weight is 331 g/mol. The van der Waals surface area contributed by atoms with Crippen molar-refractivity contribution in [1.82, 2.24) is 4.90 Å². The molecular formula is C12H14INO2. The van der Waals surface area contributed by atoms with Crippen molar-refractivity contribution in [3.63, 3.8) is 0 Å². The van der Waals surface area contributed by atoms with Gasteiger partial charge in [0.15, 0.2) is 0 Å². The third-order valence-electron chi connectivity index (χ3n) is 3.01. The number of phenolic OH excluding ortho intramolecular Hbond substituents is 1. The number of rotatable bonds is 1. The van der Waals surface area contributed by atoms with Crippen LogP contribution in [0.2, 0.25) is 0 Å². The van der Waals surface area contributed by atoms with Crippen LogP contribution in [0.1, 0.15) is 30.1 Å². The Morgan fingerprint density at radius 1 is 1.56 bits per heavy atom. The second-order valence-electron chi connectivity index (χ2n) is 4.16. The summed E-state index contributed by atoms with van der Waals surface area (Å²) in [6, 6.07) is 5.40. The Morgan fingerprint density at radius 2 is 2.31 bits per heavy atom. The van der Waals surface area contributed by atoms with Gasteiger partial charge in [-0.15, -0.1) is 0 Å². The molecule has 3 nitrogen and oxygen atoms in total. The van der Waals surface area contributed by atoms with Crippen LogP contribution >= 0.6 is 22.6 Å². The highest BCUT2D eigenvalue weighted by molar-refractivity contribution is 14.1. The minimum atomic E-state index is 0.0247. The fourth-order valence-electron chi connectivity index (χ4n) is 2.05. The van der Waals surface area contributed by atoms with Gasteiger partial charge < -0.3 is 10.0 Å². The van der Waals surface area contributed by atoms with E-state index in [0.717, 1.165) is 23.0 Å². The SMILES string of the molecule is CC1CCCN1C(=O)c1ccc(I)c(O)c1. The summed E-state index contributed by atoms with van der Waals surface area (Å²) < 4.78 is 0.767. The maximum absolute atomic E-state index is 12.1. The van der Waals surface area contributed by atoms with E-state index in [9.17, 15) is 9.90 Å². The normalized spacial score (nSPS) is 20.1. The van der Waals surface area contributed by atoms with Crippen LogP contribution in [0.5, 0.6) is 5.75 Å². The first kappa shape index (κ1) is 11.7. The molecule has 2 rings (SSSR count). The number of carbonyl (C=O) groups is 1. The Hall–Kier alpha value is -0.780. The molecule has 16 heavy (non-hydrogen) atoms. The van der Waals surface area contributed by atoms with E-state index >= 15 is 0 Å². The number of aromatic hydroxyl groups is 1. The second-order valence-corrected chi connectivity index (χ2v) is 5.32. The van der Waals surface area contributed by atoms with Gasteiger partial charge in [-0.1, -0.05) is 0 Å². The molecule has 1 aromatic rings. The van der Waals surface area contributed by atoms with Gasteiger partial charge in [0.1, 0.15) is 5.75 Å². The minimum Gasteiger partial charge on any atom is -0.507 e. The fourth-order valence-corrected chi connectivity index (χ4v) is 2.38. The number of phenols is 1. The summed E-state index contributed by atoms with van der Waals surface area (Å²) in [5, 5.41) is 9.58. The summed E-state index contributed by atoms with van der Waals surface area (Å²) in [6.07, 6.45) is 2.14. The van der Waals surface area contributed by atoms with Crippen LogP contribution in [-0.2, 0) is 0 Å². The molecule has 1 heterocycles. The van der Waals surface area contributed by atoms with Crippen molar-refractivity contribution in [2.45, 2.75) is 25.8 Å². The molecule has 1 aliphatic rings. The summed E-state index contributed by atoms with van der Waals surface area (Å²) in [7, 11) is 0. The number of likely N-dealkylation sites (tertiary alicyclic amines) is 1. The van der Waals surface area contributed by atoms with Crippen LogP contribution in [0.25, 0.3) is 0 Å². The molecule has 0 bridgehead atoms. The maximum Gasteiger partial charge on any atom is 0.254 e. The van der Waals surface area contributed by atoms with Crippen LogP contribution in [0, 0.1) is 3.57 Å². The summed E-state index contributed by atoms with van der Waals surface area (Å²) in [4.78, 5) is 14.0. The molecule has 0 saturated carbocycles. The van der Waals surface area contributed by atoms with E-state index in [0.29, 0.717) is 11.6 Å². The molecule has 0 aliphatic carbocycles. The Morgan fingerprint density at radius 3 is 2.88 bits per heavy atom. The molecule has 1 unspecified atom stereocenters. The predicted molar refractivity (Wildman–Crippen MR) is 70.6 cm³/mol. The lowest BCUT2D eigenvalue weighted by molar-refractivity contribution is 0.0747. The Balaban J connectivity index is 2.23. The van der Waals surface area contributed by atoms with Crippen molar-refractivity contribution in [3.05, 3.63) is 27.3 Å². The first-order chi connectivity index (χ1) is 7.59. The molecule has 1 aliphatic heterocycles. The van der Waals surface area contributed by atoms with Crippen molar-refractivity contribution in [1.29, 1.82) is 0 Å². The Labute approximate surface area is 109 Å². The van der Waals surface area contributed by atoms with Gasteiger partial charge in [-0.2, -0.15) is 0 Å². The molecule has 0 radical (unpaired) electrons. The van der Waals surface area contributed by atoms with Gasteiger partial charge in [-0.05, 0) is 60.6 Å². The molecule has 4 heteroatoms. The number of carbonyl (C=O) groups excluding carboxylic acids is 1. The highest BCUT2D eigenvalue weighted by Gasteiger charge is 2.26. The Bertz CT molecular complexity index is 419. The van der Waals surface area contributed by atoms with E-state index in [4.69, 9.17) is 0 Å². The molecule has 1 atom stereocenters. The molecule has 86 valence electrons. The standard InChI is InChI=1S/C12H14INO2/c1-8-3-2-6-14(8)12(16)9-4-5-10(13)11(15)7-9/h4-5,7-8,15H,2-3,6H2,1H3. The lowest BCUT2D eigenvalue weighted by Crippen LogP contribution is -2.33. The van der Waals surface area contributed by atoms with E-state index in [1.165, 1.54) is 0 Å². The molecule has 0 spiro atoms. The molecule has 1 aromatic carbocycles. The van der Waals surface area contributed by atoms with Crippen LogP contribution in [0.15, 0.2) is 18.2 Å². The van der Waals surface area contributed by atoms with E-state index in [1.807, 2.05) is 27.5 Å². The quantitative estimate of drug-likeness (QED) is 0.804. The third-order valence-corrected chi connectivity index (χ3v) is 3.92. The fraction of sp³-hybridized carbons (Fsp3) is 0.417. The second kappa shape index (κ2) is 4.61.